The molecule has 1 heterocycles. The summed E-state index contributed by atoms with van der Waals surface area (Å²) in [4.78, 5) is 18.8. The minimum atomic E-state index is -3.76. The predicted octanol–water partition coefficient (Wildman–Crippen LogP) is 3.44. The molecule has 0 aliphatic heterocycles. The maximum atomic E-state index is 13.1. The van der Waals surface area contributed by atoms with Gasteiger partial charge in [-0.05, 0) is 42.0 Å². The van der Waals surface area contributed by atoms with Gasteiger partial charge in [-0.25, -0.2) is 8.42 Å². The zero-order chi connectivity index (χ0) is 21.4. The molecule has 3 aromatic rings. The van der Waals surface area contributed by atoms with Gasteiger partial charge in [-0.2, -0.15) is 5.26 Å². The van der Waals surface area contributed by atoms with Crippen LogP contribution in [0.5, 0.6) is 0 Å². The molecule has 0 saturated carbocycles. The van der Waals surface area contributed by atoms with Crippen molar-refractivity contribution in [3.63, 3.8) is 0 Å². The third kappa shape index (κ3) is 5.43. The smallest absolute Gasteiger partial charge is 0.261 e. The number of amides is 1. The van der Waals surface area contributed by atoms with Crippen molar-refractivity contribution in [1.29, 1.82) is 5.26 Å². The Morgan fingerprint density at radius 1 is 1.07 bits per heavy atom. The fourth-order valence-electron chi connectivity index (χ4n) is 2.86. The monoisotopic (exact) mass is 420 g/mol. The summed E-state index contributed by atoms with van der Waals surface area (Å²) < 4.78 is 27.6. The number of rotatable bonds is 8. The van der Waals surface area contributed by atoms with Crippen LogP contribution in [0.3, 0.4) is 0 Å². The number of carbonyl (C=O) groups excluding carboxylic acids is 1. The second-order valence-corrected chi connectivity index (χ2v) is 8.18. The maximum absolute atomic E-state index is 13.1. The Morgan fingerprint density at radius 3 is 2.57 bits per heavy atom. The summed E-state index contributed by atoms with van der Waals surface area (Å²) in [6.07, 6.45) is 3.50. The van der Waals surface area contributed by atoms with Crippen molar-refractivity contribution in [2.75, 3.05) is 11.3 Å². The van der Waals surface area contributed by atoms with Crippen LogP contribution < -0.4 is 4.72 Å². The van der Waals surface area contributed by atoms with Crippen LogP contribution in [0.25, 0.3) is 0 Å². The number of nitrogens with zero attached hydrogens (tertiary/aromatic N) is 3. The van der Waals surface area contributed by atoms with Crippen LogP contribution in [0, 0.1) is 11.3 Å². The van der Waals surface area contributed by atoms with Crippen molar-refractivity contribution in [3.05, 3.63) is 90.3 Å². The average Bonchev–Trinajstić information content (AvgIpc) is 2.77. The molecule has 0 spiro atoms. The molecular weight excluding hydrogens is 400 g/mol. The first-order valence-electron chi connectivity index (χ1n) is 9.22. The van der Waals surface area contributed by atoms with Gasteiger partial charge >= 0.3 is 0 Å². The van der Waals surface area contributed by atoms with E-state index in [4.69, 9.17) is 5.26 Å². The Balaban J connectivity index is 1.82. The van der Waals surface area contributed by atoms with E-state index in [1.54, 1.807) is 59.8 Å². The Labute approximate surface area is 175 Å². The van der Waals surface area contributed by atoms with E-state index in [1.807, 2.05) is 12.1 Å². The normalized spacial score (nSPS) is 10.8. The highest BCUT2D eigenvalue weighted by Crippen LogP contribution is 2.19. The lowest BCUT2D eigenvalue weighted by Gasteiger charge is -2.22. The Morgan fingerprint density at radius 2 is 1.87 bits per heavy atom. The predicted molar refractivity (Wildman–Crippen MR) is 113 cm³/mol. The molecule has 1 aromatic heterocycles. The summed E-state index contributed by atoms with van der Waals surface area (Å²) in [5, 5.41) is 8.94. The molecule has 152 valence electrons. The Bertz CT molecular complexity index is 1140. The first kappa shape index (κ1) is 21.0. The summed E-state index contributed by atoms with van der Waals surface area (Å²) in [6, 6.07) is 20.0. The lowest BCUT2D eigenvalue weighted by molar-refractivity contribution is 0.0747. The average molecular weight is 420 g/mol. The highest BCUT2D eigenvalue weighted by molar-refractivity contribution is 7.92. The van der Waals surface area contributed by atoms with E-state index >= 15 is 0 Å². The van der Waals surface area contributed by atoms with Crippen LogP contribution >= 0.6 is 0 Å². The first-order chi connectivity index (χ1) is 14.5. The van der Waals surface area contributed by atoms with Gasteiger partial charge in [0.2, 0.25) is 0 Å². The Kier molecular flexibility index (Phi) is 6.78. The summed E-state index contributed by atoms with van der Waals surface area (Å²) in [6.45, 7) is 0.554. The summed E-state index contributed by atoms with van der Waals surface area (Å²) in [7, 11) is -3.76. The van der Waals surface area contributed by atoms with Gasteiger partial charge < -0.3 is 4.90 Å². The molecule has 0 radical (unpaired) electrons. The number of hydrogen-bond acceptors (Lipinski definition) is 5. The molecule has 0 bridgehead atoms. The van der Waals surface area contributed by atoms with Crippen molar-refractivity contribution in [2.45, 2.75) is 17.9 Å². The Hall–Kier alpha value is -3.70. The molecule has 1 N–H and O–H groups in total. The van der Waals surface area contributed by atoms with E-state index in [-0.39, 0.29) is 29.5 Å². The quantitative estimate of drug-likeness (QED) is 0.601. The minimum absolute atomic E-state index is 0.133. The van der Waals surface area contributed by atoms with Crippen LogP contribution in [-0.2, 0) is 16.6 Å². The fourth-order valence-corrected chi connectivity index (χ4v) is 3.93. The van der Waals surface area contributed by atoms with E-state index in [9.17, 15) is 13.2 Å². The van der Waals surface area contributed by atoms with Crippen molar-refractivity contribution >= 4 is 21.6 Å². The third-order valence-electron chi connectivity index (χ3n) is 4.29. The number of nitriles is 1. The molecule has 0 unspecified atom stereocenters. The van der Waals surface area contributed by atoms with E-state index < -0.39 is 10.0 Å². The largest absolute Gasteiger partial charge is 0.333 e. The molecule has 2 aromatic carbocycles. The number of pyridine rings is 1. The molecule has 0 saturated heterocycles. The molecule has 0 aliphatic carbocycles. The van der Waals surface area contributed by atoms with Crippen molar-refractivity contribution in [1.82, 2.24) is 9.88 Å². The van der Waals surface area contributed by atoms with Gasteiger partial charge in [-0.3, -0.25) is 14.5 Å². The standard InChI is InChI=1S/C22H20N4O3S/c23-12-6-14-26(17-18-7-5-13-24-16-18)22(27)19-8-4-9-20(15-19)25-30(28,29)21-10-2-1-3-11-21/h1-5,7-11,13,15-16,25H,6,14,17H2. The molecule has 30 heavy (non-hydrogen) atoms. The number of aromatic nitrogens is 1. The second kappa shape index (κ2) is 9.67. The van der Waals surface area contributed by atoms with Crippen molar-refractivity contribution in [3.8, 4) is 6.07 Å². The van der Waals surface area contributed by atoms with Gasteiger partial charge in [-0.1, -0.05) is 30.3 Å². The molecule has 8 heteroatoms. The van der Waals surface area contributed by atoms with Gasteiger partial charge in [-0.15, -0.1) is 0 Å². The van der Waals surface area contributed by atoms with Crippen LogP contribution in [0.15, 0.2) is 84.0 Å². The van der Waals surface area contributed by atoms with Gasteiger partial charge in [0.15, 0.2) is 0 Å². The topological polar surface area (TPSA) is 103 Å². The first-order valence-corrected chi connectivity index (χ1v) is 10.7. The molecule has 0 fully saturated rings. The lowest BCUT2D eigenvalue weighted by Crippen LogP contribution is -2.31. The number of anilines is 1. The summed E-state index contributed by atoms with van der Waals surface area (Å²) in [5.74, 6) is -0.296. The fraction of sp³-hybridized carbons (Fsp3) is 0.136. The summed E-state index contributed by atoms with van der Waals surface area (Å²) >= 11 is 0. The lowest BCUT2D eigenvalue weighted by atomic mass is 10.1. The summed E-state index contributed by atoms with van der Waals surface area (Å²) in [5.41, 5.74) is 1.45. The van der Waals surface area contributed by atoms with E-state index in [0.717, 1.165) is 5.56 Å². The third-order valence-corrected chi connectivity index (χ3v) is 5.69. The van der Waals surface area contributed by atoms with Crippen LogP contribution in [0.2, 0.25) is 0 Å². The minimum Gasteiger partial charge on any atom is -0.333 e. The molecule has 0 atom stereocenters. The van der Waals surface area contributed by atoms with Gasteiger partial charge in [0.05, 0.1) is 17.4 Å². The van der Waals surface area contributed by atoms with Crippen molar-refractivity contribution < 1.29 is 13.2 Å². The van der Waals surface area contributed by atoms with Gasteiger partial charge in [0, 0.05) is 36.7 Å². The van der Waals surface area contributed by atoms with Crippen LogP contribution in [-0.4, -0.2) is 30.8 Å². The molecular formula is C22H20N4O3S. The van der Waals surface area contributed by atoms with Crippen LogP contribution in [0.1, 0.15) is 22.3 Å². The highest BCUT2D eigenvalue weighted by atomic mass is 32.2. The van der Waals surface area contributed by atoms with Gasteiger partial charge in [0.25, 0.3) is 15.9 Å². The molecule has 7 nitrogen and oxygen atoms in total. The number of benzene rings is 2. The molecule has 0 aliphatic rings. The number of hydrogen-bond donors (Lipinski definition) is 1. The zero-order valence-electron chi connectivity index (χ0n) is 16.1. The zero-order valence-corrected chi connectivity index (χ0v) is 16.9. The molecule has 1 amide bonds. The maximum Gasteiger partial charge on any atom is 0.261 e. The molecule has 3 rings (SSSR count). The number of nitrogens with one attached hydrogen (secondary N) is 1. The van der Waals surface area contributed by atoms with Gasteiger partial charge in [0.1, 0.15) is 0 Å². The second-order valence-electron chi connectivity index (χ2n) is 6.50. The van der Waals surface area contributed by atoms with E-state index in [2.05, 4.69) is 9.71 Å². The van der Waals surface area contributed by atoms with E-state index in [1.165, 1.54) is 18.2 Å². The van der Waals surface area contributed by atoms with Crippen LogP contribution in [0.4, 0.5) is 5.69 Å². The highest BCUT2D eigenvalue weighted by Gasteiger charge is 2.18. The van der Waals surface area contributed by atoms with Crippen molar-refractivity contribution in [2.24, 2.45) is 0 Å². The SMILES string of the molecule is N#CCCN(Cc1cccnc1)C(=O)c1cccc(NS(=O)(=O)c2ccccc2)c1. The number of sulfonamides is 1. The number of carbonyl (C=O) groups is 1. The van der Waals surface area contributed by atoms with E-state index in [0.29, 0.717) is 12.1 Å².